The predicted molar refractivity (Wildman–Crippen MR) is 97.5 cm³/mol. The molecule has 1 atom stereocenters. The van der Waals surface area contributed by atoms with Crippen molar-refractivity contribution in [2.24, 2.45) is 5.92 Å². The molecule has 1 aromatic carbocycles. The number of nitrogens with zero attached hydrogens (tertiary/aromatic N) is 4. The number of aromatic nitrogens is 2. The molecule has 8 heteroatoms. The summed E-state index contributed by atoms with van der Waals surface area (Å²) in [6.07, 6.45) is 2.60. The number of fused-ring (bicyclic) bond motifs is 1. The molecule has 1 fully saturated rings. The first-order chi connectivity index (χ1) is 12.5. The molecule has 2 aliphatic rings. The Hall–Kier alpha value is -2.74. The summed E-state index contributed by atoms with van der Waals surface area (Å²) < 4.78 is 14.5. The molecule has 3 N–H and O–H groups in total. The number of nitrogens with one attached hydrogen (secondary N) is 1. The van der Waals surface area contributed by atoms with Crippen LogP contribution in [0.25, 0.3) is 0 Å². The summed E-state index contributed by atoms with van der Waals surface area (Å²) in [6, 6.07) is 4.53. The lowest BCUT2D eigenvalue weighted by Gasteiger charge is -2.37. The van der Waals surface area contributed by atoms with E-state index in [1.807, 2.05) is 0 Å². The Kier molecular flexibility index (Phi) is 4.20. The van der Waals surface area contributed by atoms with Gasteiger partial charge in [-0.15, -0.1) is 0 Å². The zero-order valence-corrected chi connectivity index (χ0v) is 14.6. The minimum Gasteiger partial charge on any atom is -0.368 e. The van der Waals surface area contributed by atoms with Gasteiger partial charge in [0, 0.05) is 18.3 Å². The van der Waals surface area contributed by atoms with Gasteiger partial charge in [-0.05, 0) is 44.0 Å². The Morgan fingerprint density at radius 3 is 3.00 bits per heavy atom. The second-order valence-electron chi connectivity index (χ2n) is 6.82. The van der Waals surface area contributed by atoms with Gasteiger partial charge in [0.15, 0.2) is 0 Å². The topological polar surface area (TPSA) is 87.4 Å². The molecule has 1 unspecified atom stereocenters. The molecule has 1 aromatic heterocycles. The van der Waals surface area contributed by atoms with Crippen LogP contribution in [0.2, 0.25) is 0 Å². The van der Waals surface area contributed by atoms with Gasteiger partial charge in [0.05, 0.1) is 12.2 Å². The van der Waals surface area contributed by atoms with E-state index >= 15 is 0 Å². The monoisotopic (exact) mass is 356 g/mol. The summed E-state index contributed by atoms with van der Waals surface area (Å²) in [4.78, 5) is 24.7. The number of carbonyl (C=O) groups excluding carboxylic acids is 1. The van der Waals surface area contributed by atoms with Gasteiger partial charge < -0.3 is 11.1 Å². The molecule has 0 saturated carbocycles. The van der Waals surface area contributed by atoms with Crippen LogP contribution in [0.1, 0.15) is 17.5 Å². The van der Waals surface area contributed by atoms with Crippen molar-refractivity contribution in [3.8, 4) is 0 Å². The number of benzene rings is 1. The Balaban J connectivity index is 1.77. The number of rotatable bonds is 3. The van der Waals surface area contributed by atoms with Crippen molar-refractivity contribution < 1.29 is 9.18 Å². The van der Waals surface area contributed by atoms with E-state index in [4.69, 9.17) is 5.73 Å². The SMILES string of the molecule is Cc1cccc(F)c1N1Cc2cnc(N)nc2N(CC2CCNC2)C1=O. The first-order valence-electron chi connectivity index (χ1n) is 8.71. The standard InChI is InChI=1S/C18H21FN6O/c1-11-3-2-4-14(19)15(11)24-10-13-8-22-17(20)23-16(13)25(18(24)26)9-12-5-6-21-7-12/h2-4,8,12,21H,5-7,9-10H2,1H3,(H2,20,22,23). The van der Waals surface area contributed by atoms with E-state index in [0.29, 0.717) is 29.5 Å². The van der Waals surface area contributed by atoms with Crippen LogP contribution in [-0.2, 0) is 6.54 Å². The lowest BCUT2D eigenvalue weighted by Crippen LogP contribution is -2.50. The van der Waals surface area contributed by atoms with Gasteiger partial charge in [-0.2, -0.15) is 4.98 Å². The van der Waals surface area contributed by atoms with Gasteiger partial charge in [0.25, 0.3) is 0 Å². The van der Waals surface area contributed by atoms with Crippen molar-refractivity contribution >= 4 is 23.5 Å². The molecule has 26 heavy (non-hydrogen) atoms. The van der Waals surface area contributed by atoms with Crippen molar-refractivity contribution in [1.29, 1.82) is 0 Å². The number of nitrogen functional groups attached to an aromatic ring is 1. The number of hydrogen-bond donors (Lipinski definition) is 2. The van der Waals surface area contributed by atoms with Crippen molar-refractivity contribution in [3.63, 3.8) is 0 Å². The fourth-order valence-electron chi connectivity index (χ4n) is 3.66. The van der Waals surface area contributed by atoms with E-state index in [1.54, 1.807) is 30.2 Å². The number of anilines is 3. The van der Waals surface area contributed by atoms with Crippen LogP contribution in [0.3, 0.4) is 0 Å². The van der Waals surface area contributed by atoms with Gasteiger partial charge in [-0.25, -0.2) is 14.2 Å². The summed E-state index contributed by atoms with van der Waals surface area (Å²) in [5.41, 5.74) is 7.51. The van der Waals surface area contributed by atoms with Gasteiger partial charge >= 0.3 is 6.03 Å². The maximum atomic E-state index is 14.5. The van der Waals surface area contributed by atoms with Crippen molar-refractivity contribution in [2.75, 3.05) is 35.2 Å². The third-order valence-corrected chi connectivity index (χ3v) is 4.97. The molecule has 136 valence electrons. The molecule has 2 aliphatic heterocycles. The number of hydrogen-bond acceptors (Lipinski definition) is 5. The number of urea groups is 1. The highest BCUT2D eigenvalue weighted by molar-refractivity contribution is 6.05. The molecule has 4 rings (SSSR count). The quantitative estimate of drug-likeness (QED) is 0.879. The van der Waals surface area contributed by atoms with Crippen LogP contribution in [-0.4, -0.2) is 35.6 Å². The Morgan fingerprint density at radius 1 is 1.42 bits per heavy atom. The van der Waals surface area contributed by atoms with Crippen LogP contribution in [0.5, 0.6) is 0 Å². The lowest BCUT2D eigenvalue weighted by molar-refractivity contribution is 0.248. The van der Waals surface area contributed by atoms with E-state index in [9.17, 15) is 9.18 Å². The second-order valence-corrected chi connectivity index (χ2v) is 6.82. The summed E-state index contributed by atoms with van der Waals surface area (Å²) >= 11 is 0. The molecular weight excluding hydrogens is 335 g/mol. The molecule has 0 radical (unpaired) electrons. The van der Waals surface area contributed by atoms with Crippen LogP contribution in [0.15, 0.2) is 24.4 Å². The van der Waals surface area contributed by atoms with Gasteiger partial charge in [-0.1, -0.05) is 12.1 Å². The normalized spacial score (nSPS) is 19.8. The molecule has 2 aromatic rings. The predicted octanol–water partition coefficient (Wildman–Crippen LogP) is 2.06. The number of amides is 2. The second kappa shape index (κ2) is 6.53. The van der Waals surface area contributed by atoms with E-state index < -0.39 is 5.82 Å². The summed E-state index contributed by atoms with van der Waals surface area (Å²) in [7, 11) is 0. The molecule has 7 nitrogen and oxygen atoms in total. The molecule has 1 saturated heterocycles. The maximum Gasteiger partial charge on any atom is 0.330 e. The number of halogens is 1. The third-order valence-electron chi connectivity index (χ3n) is 4.97. The first kappa shape index (κ1) is 16.7. The van der Waals surface area contributed by atoms with Crippen molar-refractivity contribution in [3.05, 3.63) is 41.3 Å². The van der Waals surface area contributed by atoms with Crippen LogP contribution >= 0.6 is 0 Å². The molecule has 0 spiro atoms. The van der Waals surface area contributed by atoms with E-state index in [0.717, 1.165) is 25.1 Å². The number of aryl methyl sites for hydroxylation is 1. The summed E-state index contributed by atoms with van der Waals surface area (Å²) in [6.45, 7) is 4.31. The Labute approximate surface area is 151 Å². The largest absolute Gasteiger partial charge is 0.368 e. The third kappa shape index (κ3) is 2.86. The number of para-hydroxylation sites is 1. The van der Waals surface area contributed by atoms with E-state index in [2.05, 4.69) is 15.3 Å². The van der Waals surface area contributed by atoms with E-state index in [-0.39, 0.29) is 18.5 Å². The van der Waals surface area contributed by atoms with Crippen LogP contribution in [0, 0.1) is 18.7 Å². The van der Waals surface area contributed by atoms with Crippen LogP contribution < -0.4 is 20.9 Å². The first-order valence-corrected chi connectivity index (χ1v) is 8.71. The van der Waals surface area contributed by atoms with Gasteiger partial charge in [0.1, 0.15) is 11.6 Å². The summed E-state index contributed by atoms with van der Waals surface area (Å²) in [5.74, 6) is 0.562. The van der Waals surface area contributed by atoms with Gasteiger partial charge in [0.2, 0.25) is 5.95 Å². The minimum absolute atomic E-state index is 0.126. The Bertz CT molecular complexity index is 831. The highest BCUT2D eigenvalue weighted by Crippen LogP contribution is 2.34. The zero-order chi connectivity index (χ0) is 18.3. The zero-order valence-electron chi connectivity index (χ0n) is 14.6. The molecular formula is C18H21FN6O. The minimum atomic E-state index is -0.416. The fraction of sp³-hybridized carbons (Fsp3) is 0.389. The van der Waals surface area contributed by atoms with Gasteiger partial charge in [-0.3, -0.25) is 9.80 Å². The summed E-state index contributed by atoms with van der Waals surface area (Å²) in [5, 5.41) is 3.30. The maximum absolute atomic E-state index is 14.5. The lowest BCUT2D eigenvalue weighted by atomic mass is 10.1. The molecule has 2 amide bonds. The molecule has 0 bridgehead atoms. The van der Waals surface area contributed by atoms with Crippen molar-refractivity contribution in [1.82, 2.24) is 15.3 Å². The number of carbonyl (C=O) groups is 1. The number of nitrogens with two attached hydrogens (primary N) is 1. The average Bonchev–Trinajstić information content (AvgIpc) is 3.12. The van der Waals surface area contributed by atoms with Crippen LogP contribution in [0.4, 0.5) is 26.6 Å². The highest BCUT2D eigenvalue weighted by atomic mass is 19.1. The fourth-order valence-corrected chi connectivity index (χ4v) is 3.66. The highest BCUT2D eigenvalue weighted by Gasteiger charge is 2.36. The van der Waals surface area contributed by atoms with E-state index in [1.165, 1.54) is 11.0 Å². The average molecular weight is 356 g/mol. The smallest absolute Gasteiger partial charge is 0.330 e. The molecule has 3 heterocycles. The Morgan fingerprint density at radius 2 is 2.27 bits per heavy atom. The van der Waals surface area contributed by atoms with Crippen molar-refractivity contribution in [2.45, 2.75) is 19.9 Å². The molecule has 0 aliphatic carbocycles.